The Morgan fingerprint density at radius 3 is 2.31 bits per heavy atom. The highest BCUT2D eigenvalue weighted by Crippen LogP contribution is 2.34. The van der Waals surface area contributed by atoms with Gasteiger partial charge in [0, 0.05) is 18.1 Å². The molecule has 0 bridgehead atoms. The predicted octanol–water partition coefficient (Wildman–Crippen LogP) is 4.63. The molecule has 0 spiro atoms. The standard InChI is InChI=1S/C12H20Br2N2/c1-3-5-12(9-13,6-4-2)10-16-8-11(14)7-15-16/h7-8H,3-6,9-10H2,1-2H3. The molecule has 0 aliphatic heterocycles. The molecule has 0 fully saturated rings. The van der Waals surface area contributed by atoms with Crippen LogP contribution in [0, 0.1) is 5.41 Å². The summed E-state index contributed by atoms with van der Waals surface area (Å²) in [6.07, 6.45) is 8.88. The molecule has 0 radical (unpaired) electrons. The van der Waals surface area contributed by atoms with Gasteiger partial charge in [0.15, 0.2) is 0 Å². The lowest BCUT2D eigenvalue weighted by molar-refractivity contribution is 0.223. The number of aromatic nitrogens is 2. The molecule has 0 saturated carbocycles. The van der Waals surface area contributed by atoms with Crippen LogP contribution in [0.2, 0.25) is 0 Å². The summed E-state index contributed by atoms with van der Waals surface area (Å²) in [6, 6.07) is 0. The summed E-state index contributed by atoms with van der Waals surface area (Å²) in [5.41, 5.74) is 0.356. The third kappa shape index (κ3) is 3.88. The second-order valence-electron chi connectivity index (χ2n) is 4.49. The summed E-state index contributed by atoms with van der Waals surface area (Å²) in [5, 5.41) is 5.42. The number of halogens is 2. The number of hydrogen-bond donors (Lipinski definition) is 0. The molecule has 0 atom stereocenters. The Morgan fingerprint density at radius 1 is 1.31 bits per heavy atom. The highest BCUT2D eigenvalue weighted by atomic mass is 79.9. The summed E-state index contributed by atoms with van der Waals surface area (Å²) < 4.78 is 3.11. The van der Waals surface area contributed by atoms with E-state index in [-0.39, 0.29) is 0 Å². The second kappa shape index (κ2) is 6.80. The van der Waals surface area contributed by atoms with Gasteiger partial charge in [0.05, 0.1) is 10.7 Å². The Morgan fingerprint density at radius 2 is 1.94 bits per heavy atom. The number of alkyl halides is 1. The van der Waals surface area contributed by atoms with Crippen LogP contribution in [0.3, 0.4) is 0 Å². The first kappa shape index (κ1) is 14.2. The topological polar surface area (TPSA) is 17.8 Å². The van der Waals surface area contributed by atoms with Crippen LogP contribution < -0.4 is 0 Å². The van der Waals surface area contributed by atoms with Crippen molar-refractivity contribution in [3.05, 3.63) is 16.9 Å². The fourth-order valence-corrected chi connectivity index (χ4v) is 3.35. The molecule has 0 N–H and O–H groups in total. The number of hydrogen-bond acceptors (Lipinski definition) is 1. The highest BCUT2D eigenvalue weighted by Gasteiger charge is 2.27. The van der Waals surface area contributed by atoms with Gasteiger partial charge in [-0.25, -0.2) is 0 Å². The highest BCUT2D eigenvalue weighted by molar-refractivity contribution is 9.10. The third-order valence-electron chi connectivity index (χ3n) is 2.94. The summed E-state index contributed by atoms with van der Waals surface area (Å²) in [7, 11) is 0. The van der Waals surface area contributed by atoms with Crippen molar-refractivity contribution in [2.24, 2.45) is 5.41 Å². The van der Waals surface area contributed by atoms with E-state index in [1.165, 1.54) is 25.7 Å². The van der Waals surface area contributed by atoms with Crippen molar-refractivity contribution in [1.29, 1.82) is 0 Å². The molecule has 4 heteroatoms. The maximum atomic E-state index is 4.36. The molecule has 1 rings (SSSR count). The molecule has 0 amide bonds. The van der Waals surface area contributed by atoms with E-state index < -0.39 is 0 Å². The fourth-order valence-electron chi connectivity index (χ4n) is 2.29. The minimum atomic E-state index is 0.356. The van der Waals surface area contributed by atoms with Crippen LogP contribution in [0.4, 0.5) is 0 Å². The van der Waals surface area contributed by atoms with E-state index in [4.69, 9.17) is 0 Å². The first-order valence-corrected chi connectivity index (χ1v) is 7.81. The van der Waals surface area contributed by atoms with Crippen molar-refractivity contribution in [2.45, 2.75) is 46.1 Å². The Hall–Kier alpha value is 0.170. The van der Waals surface area contributed by atoms with E-state index in [2.05, 4.69) is 61.7 Å². The van der Waals surface area contributed by atoms with Gasteiger partial charge >= 0.3 is 0 Å². The van der Waals surface area contributed by atoms with Crippen LogP contribution in [-0.2, 0) is 6.54 Å². The van der Waals surface area contributed by atoms with Crippen LogP contribution in [0.5, 0.6) is 0 Å². The average molecular weight is 352 g/mol. The fraction of sp³-hybridized carbons (Fsp3) is 0.750. The molecule has 1 heterocycles. The normalized spacial score (nSPS) is 12.0. The van der Waals surface area contributed by atoms with E-state index in [0.717, 1.165) is 16.3 Å². The Bertz CT molecular complexity index is 304. The van der Waals surface area contributed by atoms with Crippen molar-refractivity contribution in [2.75, 3.05) is 5.33 Å². The smallest absolute Gasteiger partial charge is 0.0632 e. The summed E-state index contributed by atoms with van der Waals surface area (Å²) >= 11 is 7.13. The quantitative estimate of drug-likeness (QED) is 0.655. The molecule has 16 heavy (non-hydrogen) atoms. The van der Waals surface area contributed by atoms with E-state index in [1.54, 1.807) is 0 Å². The van der Waals surface area contributed by atoms with Gasteiger partial charge in [-0.2, -0.15) is 5.10 Å². The number of rotatable bonds is 7. The van der Waals surface area contributed by atoms with Crippen molar-refractivity contribution in [3.8, 4) is 0 Å². The molecule has 0 aliphatic carbocycles. The molecule has 1 aromatic heterocycles. The van der Waals surface area contributed by atoms with Gasteiger partial charge < -0.3 is 0 Å². The SMILES string of the molecule is CCCC(CBr)(CCC)Cn1cc(Br)cn1. The van der Waals surface area contributed by atoms with E-state index in [0.29, 0.717) is 5.41 Å². The van der Waals surface area contributed by atoms with Gasteiger partial charge in [-0.15, -0.1) is 0 Å². The van der Waals surface area contributed by atoms with Gasteiger partial charge in [0.1, 0.15) is 0 Å². The van der Waals surface area contributed by atoms with Crippen LogP contribution in [0.1, 0.15) is 39.5 Å². The monoisotopic (exact) mass is 350 g/mol. The molecule has 1 aromatic rings. The molecule has 0 saturated heterocycles. The van der Waals surface area contributed by atoms with Gasteiger partial charge in [-0.1, -0.05) is 42.6 Å². The summed E-state index contributed by atoms with van der Waals surface area (Å²) in [4.78, 5) is 0. The number of nitrogens with zero attached hydrogens (tertiary/aromatic N) is 2. The van der Waals surface area contributed by atoms with Crippen LogP contribution in [-0.4, -0.2) is 15.1 Å². The first-order valence-electron chi connectivity index (χ1n) is 5.89. The lowest BCUT2D eigenvalue weighted by Gasteiger charge is -2.31. The van der Waals surface area contributed by atoms with Crippen molar-refractivity contribution >= 4 is 31.9 Å². The average Bonchev–Trinajstić information content (AvgIpc) is 2.64. The Labute approximate surface area is 115 Å². The van der Waals surface area contributed by atoms with Gasteiger partial charge in [-0.3, -0.25) is 4.68 Å². The van der Waals surface area contributed by atoms with Crippen LogP contribution in [0.15, 0.2) is 16.9 Å². The Balaban J connectivity index is 2.75. The van der Waals surface area contributed by atoms with E-state index in [1.807, 2.05) is 6.20 Å². The molecule has 92 valence electrons. The summed E-state index contributed by atoms with van der Waals surface area (Å²) in [5.74, 6) is 0. The zero-order valence-corrected chi connectivity index (χ0v) is 13.2. The maximum Gasteiger partial charge on any atom is 0.0632 e. The van der Waals surface area contributed by atoms with Crippen molar-refractivity contribution in [1.82, 2.24) is 9.78 Å². The van der Waals surface area contributed by atoms with Crippen molar-refractivity contribution in [3.63, 3.8) is 0 Å². The lowest BCUT2D eigenvalue weighted by Crippen LogP contribution is -2.29. The second-order valence-corrected chi connectivity index (χ2v) is 5.97. The largest absolute Gasteiger partial charge is 0.271 e. The minimum absolute atomic E-state index is 0.356. The third-order valence-corrected chi connectivity index (χ3v) is 4.54. The maximum absolute atomic E-state index is 4.36. The van der Waals surface area contributed by atoms with Gasteiger partial charge in [0.25, 0.3) is 0 Å². The molecular weight excluding hydrogens is 332 g/mol. The zero-order valence-electron chi connectivity index (χ0n) is 10.0. The molecular formula is C12H20Br2N2. The summed E-state index contributed by atoms with van der Waals surface area (Å²) in [6.45, 7) is 5.52. The molecule has 0 aliphatic rings. The Kier molecular flexibility index (Phi) is 6.05. The first-order chi connectivity index (χ1) is 7.65. The van der Waals surface area contributed by atoms with Crippen molar-refractivity contribution < 1.29 is 0 Å². The van der Waals surface area contributed by atoms with Crippen LogP contribution >= 0.6 is 31.9 Å². The predicted molar refractivity (Wildman–Crippen MR) is 76.0 cm³/mol. The van der Waals surface area contributed by atoms with Gasteiger partial charge in [0.2, 0.25) is 0 Å². The van der Waals surface area contributed by atoms with Crippen LogP contribution in [0.25, 0.3) is 0 Å². The zero-order chi connectivity index (χ0) is 12.0. The van der Waals surface area contributed by atoms with E-state index >= 15 is 0 Å². The molecule has 0 unspecified atom stereocenters. The van der Waals surface area contributed by atoms with E-state index in [9.17, 15) is 0 Å². The minimum Gasteiger partial charge on any atom is -0.271 e. The molecule has 0 aromatic carbocycles. The molecule has 2 nitrogen and oxygen atoms in total. The lowest BCUT2D eigenvalue weighted by atomic mass is 9.81. The van der Waals surface area contributed by atoms with Gasteiger partial charge in [-0.05, 0) is 34.2 Å².